The number of carboxylic acid groups (broad SMARTS) is 1. The summed E-state index contributed by atoms with van der Waals surface area (Å²) < 4.78 is 0. The SMILES string of the molecule is O=C(CNc1ccccc1)NCc1ccc(C(=O)O)nc1. The average Bonchev–Trinajstić information content (AvgIpc) is 2.52. The third-order valence-corrected chi connectivity index (χ3v) is 2.76. The van der Waals surface area contributed by atoms with Gasteiger partial charge in [-0.25, -0.2) is 9.78 Å². The number of carbonyl (C=O) groups excluding carboxylic acids is 1. The number of carboxylic acids is 1. The quantitative estimate of drug-likeness (QED) is 0.748. The minimum Gasteiger partial charge on any atom is -0.477 e. The maximum absolute atomic E-state index is 11.7. The van der Waals surface area contributed by atoms with Crippen molar-refractivity contribution >= 4 is 17.6 Å². The van der Waals surface area contributed by atoms with Crippen molar-refractivity contribution in [2.24, 2.45) is 0 Å². The number of carbonyl (C=O) groups is 2. The summed E-state index contributed by atoms with van der Waals surface area (Å²) in [7, 11) is 0. The second-order valence-electron chi connectivity index (χ2n) is 4.35. The largest absolute Gasteiger partial charge is 0.477 e. The summed E-state index contributed by atoms with van der Waals surface area (Å²) >= 11 is 0. The van der Waals surface area contributed by atoms with Crippen LogP contribution in [0.25, 0.3) is 0 Å². The molecule has 3 N–H and O–H groups in total. The summed E-state index contributed by atoms with van der Waals surface area (Å²) in [6.07, 6.45) is 1.44. The predicted molar refractivity (Wildman–Crippen MR) is 78.0 cm³/mol. The molecule has 0 saturated heterocycles. The van der Waals surface area contributed by atoms with Gasteiger partial charge in [-0.05, 0) is 23.8 Å². The molecule has 0 spiro atoms. The Hall–Kier alpha value is -2.89. The van der Waals surface area contributed by atoms with Crippen LogP contribution in [-0.2, 0) is 11.3 Å². The van der Waals surface area contributed by atoms with E-state index >= 15 is 0 Å². The van der Waals surface area contributed by atoms with E-state index < -0.39 is 5.97 Å². The first-order chi connectivity index (χ1) is 10.1. The molecule has 0 radical (unpaired) electrons. The van der Waals surface area contributed by atoms with Gasteiger partial charge < -0.3 is 15.7 Å². The third-order valence-electron chi connectivity index (χ3n) is 2.76. The normalized spacial score (nSPS) is 9.90. The Kier molecular flexibility index (Phi) is 4.87. The van der Waals surface area contributed by atoms with Crippen LogP contribution in [0.15, 0.2) is 48.7 Å². The Morgan fingerprint density at radius 3 is 2.48 bits per heavy atom. The Morgan fingerprint density at radius 2 is 1.86 bits per heavy atom. The predicted octanol–water partition coefficient (Wildman–Crippen LogP) is 1.51. The van der Waals surface area contributed by atoms with E-state index in [1.54, 1.807) is 6.07 Å². The first-order valence-electron chi connectivity index (χ1n) is 6.39. The smallest absolute Gasteiger partial charge is 0.354 e. The summed E-state index contributed by atoms with van der Waals surface area (Å²) in [5.41, 5.74) is 1.60. The fourth-order valence-electron chi connectivity index (χ4n) is 1.66. The van der Waals surface area contributed by atoms with Crippen molar-refractivity contribution in [2.45, 2.75) is 6.54 Å². The molecule has 0 aliphatic carbocycles. The van der Waals surface area contributed by atoms with Gasteiger partial charge in [0, 0.05) is 18.4 Å². The van der Waals surface area contributed by atoms with E-state index in [4.69, 9.17) is 5.11 Å². The molecule has 1 aromatic carbocycles. The number of benzene rings is 1. The summed E-state index contributed by atoms with van der Waals surface area (Å²) in [6, 6.07) is 12.5. The number of nitrogens with zero attached hydrogens (tertiary/aromatic N) is 1. The lowest BCUT2D eigenvalue weighted by atomic mass is 10.2. The fraction of sp³-hybridized carbons (Fsp3) is 0.133. The van der Waals surface area contributed by atoms with Crippen molar-refractivity contribution in [1.82, 2.24) is 10.3 Å². The zero-order chi connectivity index (χ0) is 15.1. The lowest BCUT2D eigenvalue weighted by molar-refractivity contribution is -0.119. The van der Waals surface area contributed by atoms with Crippen LogP contribution in [-0.4, -0.2) is 28.5 Å². The summed E-state index contributed by atoms with van der Waals surface area (Å²) in [6.45, 7) is 0.479. The Bertz CT molecular complexity index is 612. The molecule has 0 saturated carbocycles. The number of pyridine rings is 1. The number of rotatable bonds is 6. The first-order valence-corrected chi connectivity index (χ1v) is 6.39. The number of nitrogens with one attached hydrogen (secondary N) is 2. The number of para-hydroxylation sites is 1. The van der Waals surface area contributed by atoms with Gasteiger partial charge in [0.15, 0.2) is 0 Å². The molecular weight excluding hydrogens is 270 g/mol. The topological polar surface area (TPSA) is 91.3 Å². The minimum absolute atomic E-state index is 0.0178. The maximum Gasteiger partial charge on any atom is 0.354 e. The highest BCUT2D eigenvalue weighted by Gasteiger charge is 2.05. The third kappa shape index (κ3) is 4.61. The second kappa shape index (κ2) is 7.04. The van der Waals surface area contributed by atoms with Crippen LogP contribution in [0.4, 0.5) is 5.69 Å². The molecule has 2 rings (SSSR count). The van der Waals surface area contributed by atoms with Crippen molar-refractivity contribution in [2.75, 3.05) is 11.9 Å². The standard InChI is InChI=1S/C15H15N3O3/c19-14(10-16-12-4-2-1-3-5-12)18-9-11-6-7-13(15(20)21)17-8-11/h1-8,16H,9-10H2,(H,18,19)(H,20,21). The highest BCUT2D eigenvalue weighted by Crippen LogP contribution is 2.04. The first kappa shape index (κ1) is 14.5. The molecule has 0 aliphatic heterocycles. The number of aromatic carboxylic acids is 1. The Morgan fingerprint density at radius 1 is 1.10 bits per heavy atom. The van der Waals surface area contributed by atoms with Crippen molar-refractivity contribution in [3.63, 3.8) is 0 Å². The number of amides is 1. The molecule has 2 aromatic rings. The molecule has 0 bridgehead atoms. The summed E-state index contributed by atoms with van der Waals surface area (Å²) in [5.74, 6) is -1.22. The van der Waals surface area contributed by atoms with Gasteiger partial charge in [-0.1, -0.05) is 24.3 Å². The van der Waals surface area contributed by atoms with Gasteiger partial charge in [-0.3, -0.25) is 4.79 Å². The zero-order valence-electron chi connectivity index (χ0n) is 11.2. The number of hydrogen-bond donors (Lipinski definition) is 3. The maximum atomic E-state index is 11.7. The highest BCUT2D eigenvalue weighted by molar-refractivity contribution is 5.85. The molecule has 1 amide bonds. The van der Waals surface area contributed by atoms with Crippen molar-refractivity contribution in [1.29, 1.82) is 0 Å². The molecule has 6 nitrogen and oxygen atoms in total. The van der Waals surface area contributed by atoms with Crippen LogP contribution in [0.2, 0.25) is 0 Å². The molecule has 108 valence electrons. The van der Waals surface area contributed by atoms with Gasteiger partial charge in [0.25, 0.3) is 0 Å². The van der Waals surface area contributed by atoms with Crippen LogP contribution < -0.4 is 10.6 Å². The molecule has 0 fully saturated rings. The Labute approximate surface area is 121 Å². The number of hydrogen-bond acceptors (Lipinski definition) is 4. The van der Waals surface area contributed by atoms with Crippen molar-refractivity contribution < 1.29 is 14.7 Å². The molecule has 21 heavy (non-hydrogen) atoms. The van der Waals surface area contributed by atoms with E-state index in [1.807, 2.05) is 30.3 Å². The molecule has 1 heterocycles. The van der Waals surface area contributed by atoms with Gasteiger partial charge in [0.1, 0.15) is 5.69 Å². The van der Waals surface area contributed by atoms with Crippen molar-refractivity contribution in [3.05, 3.63) is 59.9 Å². The molecular formula is C15H15N3O3. The molecule has 0 atom stereocenters. The van der Waals surface area contributed by atoms with Gasteiger partial charge in [0.2, 0.25) is 5.91 Å². The van der Waals surface area contributed by atoms with Gasteiger partial charge in [-0.2, -0.15) is 0 Å². The van der Waals surface area contributed by atoms with Crippen LogP contribution >= 0.6 is 0 Å². The zero-order valence-corrected chi connectivity index (χ0v) is 11.2. The van der Waals surface area contributed by atoms with Crippen LogP contribution in [0.5, 0.6) is 0 Å². The van der Waals surface area contributed by atoms with E-state index in [9.17, 15) is 9.59 Å². The van der Waals surface area contributed by atoms with Gasteiger partial charge >= 0.3 is 5.97 Å². The minimum atomic E-state index is -1.07. The fourth-order valence-corrected chi connectivity index (χ4v) is 1.66. The highest BCUT2D eigenvalue weighted by atomic mass is 16.4. The number of aromatic nitrogens is 1. The van der Waals surface area contributed by atoms with Crippen LogP contribution in [0.1, 0.15) is 16.1 Å². The van der Waals surface area contributed by atoms with E-state index in [2.05, 4.69) is 15.6 Å². The lowest BCUT2D eigenvalue weighted by Crippen LogP contribution is -2.29. The van der Waals surface area contributed by atoms with Gasteiger partial charge in [-0.15, -0.1) is 0 Å². The summed E-state index contributed by atoms with van der Waals surface area (Å²) in [5, 5.41) is 14.5. The van der Waals surface area contributed by atoms with E-state index in [-0.39, 0.29) is 18.1 Å². The molecule has 0 unspecified atom stereocenters. The number of anilines is 1. The monoisotopic (exact) mass is 285 g/mol. The van der Waals surface area contributed by atoms with Gasteiger partial charge in [0.05, 0.1) is 6.54 Å². The lowest BCUT2D eigenvalue weighted by Gasteiger charge is -2.07. The van der Waals surface area contributed by atoms with Crippen molar-refractivity contribution in [3.8, 4) is 0 Å². The van der Waals surface area contributed by atoms with E-state index in [1.165, 1.54) is 12.3 Å². The molecule has 6 heteroatoms. The average molecular weight is 285 g/mol. The van der Waals surface area contributed by atoms with E-state index in [0.29, 0.717) is 6.54 Å². The Balaban J connectivity index is 1.77. The summed E-state index contributed by atoms with van der Waals surface area (Å²) in [4.78, 5) is 26.1. The molecule has 0 aliphatic rings. The van der Waals surface area contributed by atoms with E-state index in [0.717, 1.165) is 11.3 Å². The van der Waals surface area contributed by atoms with Crippen LogP contribution in [0, 0.1) is 0 Å². The van der Waals surface area contributed by atoms with Crippen LogP contribution in [0.3, 0.4) is 0 Å². The second-order valence-corrected chi connectivity index (χ2v) is 4.35. The molecule has 1 aromatic heterocycles.